The van der Waals surface area contributed by atoms with Crippen LogP contribution in [0.1, 0.15) is 11.1 Å². The van der Waals surface area contributed by atoms with Gasteiger partial charge in [0.15, 0.2) is 0 Å². The number of ether oxygens (including phenoxy) is 1. The lowest BCUT2D eigenvalue weighted by Gasteiger charge is -2.09. The summed E-state index contributed by atoms with van der Waals surface area (Å²) in [6.07, 6.45) is 1.63. The van der Waals surface area contributed by atoms with Gasteiger partial charge in [-0.15, -0.1) is 0 Å². The largest absolute Gasteiger partial charge is 0.481 e. The first-order chi connectivity index (χ1) is 9.22. The number of hydrogen-bond donors (Lipinski definition) is 2. The standard InChI is InChI=1S/C14H16FN3O/c1-19-14-7-12(4-5-17-14)18-9-11-3-2-10(8-16)6-13(11)15/h2-7H,8-9,16H2,1H3,(H,17,18). The van der Waals surface area contributed by atoms with Crippen molar-refractivity contribution in [1.29, 1.82) is 0 Å². The second-order valence-electron chi connectivity index (χ2n) is 4.07. The Morgan fingerprint density at radius 2 is 2.16 bits per heavy atom. The first kappa shape index (κ1) is 13.3. The van der Waals surface area contributed by atoms with Gasteiger partial charge in [0.25, 0.3) is 0 Å². The molecule has 0 aliphatic heterocycles. The van der Waals surface area contributed by atoms with E-state index in [4.69, 9.17) is 10.5 Å². The molecule has 2 rings (SSSR count). The number of pyridine rings is 1. The second-order valence-corrected chi connectivity index (χ2v) is 4.07. The highest BCUT2D eigenvalue weighted by molar-refractivity contribution is 5.45. The van der Waals surface area contributed by atoms with Gasteiger partial charge in [0.05, 0.1) is 7.11 Å². The van der Waals surface area contributed by atoms with E-state index in [2.05, 4.69) is 10.3 Å². The third kappa shape index (κ3) is 3.42. The van der Waals surface area contributed by atoms with Crippen LogP contribution < -0.4 is 15.8 Å². The Labute approximate surface area is 111 Å². The van der Waals surface area contributed by atoms with Crippen LogP contribution in [0.15, 0.2) is 36.5 Å². The van der Waals surface area contributed by atoms with E-state index in [0.717, 1.165) is 11.3 Å². The molecule has 100 valence electrons. The number of benzene rings is 1. The van der Waals surface area contributed by atoms with Gasteiger partial charge in [-0.2, -0.15) is 0 Å². The van der Waals surface area contributed by atoms with Crippen molar-refractivity contribution in [1.82, 2.24) is 4.98 Å². The second kappa shape index (κ2) is 6.15. The van der Waals surface area contributed by atoms with Crippen LogP contribution in [0.25, 0.3) is 0 Å². The predicted molar refractivity (Wildman–Crippen MR) is 72.4 cm³/mol. The maximum Gasteiger partial charge on any atom is 0.214 e. The van der Waals surface area contributed by atoms with Gasteiger partial charge >= 0.3 is 0 Å². The summed E-state index contributed by atoms with van der Waals surface area (Å²) in [5.74, 6) is 0.264. The quantitative estimate of drug-likeness (QED) is 0.867. The van der Waals surface area contributed by atoms with Crippen LogP contribution in [0, 0.1) is 5.82 Å². The van der Waals surface area contributed by atoms with Crippen molar-refractivity contribution < 1.29 is 9.13 Å². The van der Waals surface area contributed by atoms with E-state index in [9.17, 15) is 4.39 Å². The van der Waals surface area contributed by atoms with Crippen molar-refractivity contribution in [3.8, 4) is 5.88 Å². The van der Waals surface area contributed by atoms with Gasteiger partial charge in [-0.05, 0) is 17.7 Å². The molecule has 0 aliphatic carbocycles. The minimum atomic E-state index is -0.253. The van der Waals surface area contributed by atoms with Crippen molar-refractivity contribution in [2.45, 2.75) is 13.1 Å². The molecular formula is C14H16FN3O. The SMILES string of the molecule is COc1cc(NCc2ccc(CN)cc2F)ccn1. The molecule has 0 unspecified atom stereocenters. The molecule has 1 aromatic heterocycles. The van der Waals surface area contributed by atoms with E-state index in [-0.39, 0.29) is 5.82 Å². The lowest BCUT2D eigenvalue weighted by atomic mass is 10.1. The maximum absolute atomic E-state index is 13.8. The van der Waals surface area contributed by atoms with Crippen molar-refractivity contribution in [2.24, 2.45) is 5.73 Å². The first-order valence-electron chi connectivity index (χ1n) is 5.94. The topological polar surface area (TPSA) is 60.2 Å². The number of nitrogens with one attached hydrogen (secondary N) is 1. The molecule has 0 saturated carbocycles. The normalized spacial score (nSPS) is 10.3. The molecule has 4 nitrogen and oxygen atoms in total. The molecule has 0 bridgehead atoms. The molecule has 1 heterocycles. The molecule has 0 atom stereocenters. The number of nitrogens with two attached hydrogens (primary N) is 1. The summed E-state index contributed by atoms with van der Waals surface area (Å²) in [7, 11) is 1.55. The number of nitrogens with zero attached hydrogens (tertiary/aromatic N) is 1. The Bertz CT molecular complexity index is 560. The average molecular weight is 261 g/mol. The molecule has 0 radical (unpaired) electrons. The minimum Gasteiger partial charge on any atom is -0.481 e. The lowest BCUT2D eigenvalue weighted by Crippen LogP contribution is -2.04. The third-order valence-corrected chi connectivity index (χ3v) is 2.78. The molecule has 1 aromatic carbocycles. The minimum absolute atomic E-state index is 0.253. The molecule has 2 aromatic rings. The van der Waals surface area contributed by atoms with Crippen LogP contribution in [-0.4, -0.2) is 12.1 Å². The Hall–Kier alpha value is -2.14. The van der Waals surface area contributed by atoms with Gasteiger partial charge in [0.1, 0.15) is 5.82 Å². The van der Waals surface area contributed by atoms with Crippen molar-refractivity contribution in [3.05, 3.63) is 53.5 Å². The van der Waals surface area contributed by atoms with Crippen LogP contribution >= 0.6 is 0 Å². The molecular weight excluding hydrogens is 245 g/mol. The first-order valence-corrected chi connectivity index (χ1v) is 5.94. The van der Waals surface area contributed by atoms with Crippen LogP contribution in [-0.2, 0) is 13.1 Å². The number of methoxy groups -OCH3 is 1. The Kier molecular flexibility index (Phi) is 4.30. The van der Waals surface area contributed by atoms with Gasteiger partial charge in [0, 0.05) is 36.6 Å². The van der Waals surface area contributed by atoms with Crippen LogP contribution in [0.5, 0.6) is 5.88 Å². The zero-order chi connectivity index (χ0) is 13.7. The maximum atomic E-state index is 13.8. The number of anilines is 1. The zero-order valence-electron chi connectivity index (χ0n) is 10.7. The van der Waals surface area contributed by atoms with E-state index >= 15 is 0 Å². The fourth-order valence-corrected chi connectivity index (χ4v) is 1.69. The summed E-state index contributed by atoms with van der Waals surface area (Å²) >= 11 is 0. The summed E-state index contributed by atoms with van der Waals surface area (Å²) in [4.78, 5) is 4.00. The molecule has 3 N–H and O–H groups in total. The van der Waals surface area contributed by atoms with Crippen molar-refractivity contribution in [3.63, 3.8) is 0 Å². The monoisotopic (exact) mass is 261 g/mol. The van der Waals surface area contributed by atoms with Gasteiger partial charge in [-0.3, -0.25) is 0 Å². The summed E-state index contributed by atoms with van der Waals surface area (Å²) in [6.45, 7) is 0.732. The summed E-state index contributed by atoms with van der Waals surface area (Å²) in [6, 6.07) is 8.58. The number of aromatic nitrogens is 1. The molecule has 19 heavy (non-hydrogen) atoms. The third-order valence-electron chi connectivity index (χ3n) is 2.78. The van der Waals surface area contributed by atoms with E-state index < -0.39 is 0 Å². The van der Waals surface area contributed by atoms with Crippen LogP contribution in [0.3, 0.4) is 0 Å². The lowest BCUT2D eigenvalue weighted by molar-refractivity contribution is 0.398. The fraction of sp³-hybridized carbons (Fsp3) is 0.214. The number of hydrogen-bond acceptors (Lipinski definition) is 4. The van der Waals surface area contributed by atoms with Crippen LogP contribution in [0.4, 0.5) is 10.1 Å². The number of halogens is 1. The molecule has 0 spiro atoms. The highest BCUT2D eigenvalue weighted by atomic mass is 19.1. The van der Waals surface area contributed by atoms with E-state index in [1.807, 2.05) is 6.07 Å². The summed E-state index contributed by atoms with van der Waals surface area (Å²) < 4.78 is 18.8. The Morgan fingerprint density at radius 3 is 2.84 bits per heavy atom. The van der Waals surface area contributed by atoms with Crippen LogP contribution in [0.2, 0.25) is 0 Å². The van der Waals surface area contributed by atoms with E-state index in [1.165, 1.54) is 6.07 Å². The molecule has 5 heteroatoms. The molecule has 0 saturated heterocycles. The highest BCUT2D eigenvalue weighted by Crippen LogP contribution is 2.16. The van der Waals surface area contributed by atoms with Crippen molar-refractivity contribution in [2.75, 3.05) is 12.4 Å². The summed E-state index contributed by atoms with van der Waals surface area (Å²) in [5, 5.41) is 3.12. The fourth-order valence-electron chi connectivity index (χ4n) is 1.69. The number of rotatable bonds is 5. The molecule has 0 fully saturated rings. The summed E-state index contributed by atoms with van der Waals surface area (Å²) in [5.41, 5.74) is 7.67. The Balaban J connectivity index is 2.05. The van der Waals surface area contributed by atoms with Gasteiger partial charge < -0.3 is 15.8 Å². The smallest absolute Gasteiger partial charge is 0.214 e. The van der Waals surface area contributed by atoms with E-state index in [0.29, 0.717) is 24.5 Å². The Morgan fingerprint density at radius 1 is 1.32 bits per heavy atom. The average Bonchev–Trinajstić information content (AvgIpc) is 2.46. The van der Waals surface area contributed by atoms with Crippen molar-refractivity contribution >= 4 is 5.69 Å². The molecule has 0 aliphatic rings. The molecule has 0 amide bonds. The predicted octanol–water partition coefficient (Wildman–Crippen LogP) is 2.30. The van der Waals surface area contributed by atoms with Gasteiger partial charge in [-0.1, -0.05) is 12.1 Å². The highest BCUT2D eigenvalue weighted by Gasteiger charge is 2.03. The van der Waals surface area contributed by atoms with E-state index in [1.54, 1.807) is 31.5 Å². The van der Waals surface area contributed by atoms with Gasteiger partial charge in [0.2, 0.25) is 5.88 Å². The van der Waals surface area contributed by atoms with Gasteiger partial charge in [-0.25, -0.2) is 9.37 Å². The zero-order valence-corrected chi connectivity index (χ0v) is 10.7.